The molecule has 0 N–H and O–H groups in total. The van der Waals surface area contributed by atoms with Crippen LogP contribution in [0.15, 0.2) is 0 Å². The Labute approximate surface area is 145 Å². The molecule has 1 nitrogen and oxygen atoms in total. The molecule has 0 fully saturated rings. The molecule has 0 aliphatic carbocycles. The Morgan fingerprint density at radius 3 is 1.29 bits per heavy atom. The number of hydrogen-bond donors (Lipinski definition) is 0. The van der Waals surface area contributed by atoms with Crippen molar-refractivity contribution in [3.05, 3.63) is 0 Å². The van der Waals surface area contributed by atoms with Crippen LogP contribution in [-0.4, -0.2) is 32.6 Å². The average Bonchev–Trinajstić information content (AvgIpc) is 2.20. The van der Waals surface area contributed by atoms with Crippen LogP contribution in [0.25, 0.3) is 0 Å². The van der Waals surface area contributed by atoms with Crippen molar-refractivity contribution in [3.8, 4) is 0 Å². The molecule has 0 saturated carbocycles. The van der Waals surface area contributed by atoms with Gasteiger partial charge in [-0.3, -0.25) is 0 Å². The van der Waals surface area contributed by atoms with Crippen molar-refractivity contribution in [2.45, 2.75) is 91.7 Å². The van der Waals surface area contributed by atoms with Crippen LogP contribution in [0.1, 0.15) is 55.4 Å². The molecule has 0 heterocycles. The van der Waals surface area contributed by atoms with Gasteiger partial charge in [-0.05, 0) is 22.0 Å². The van der Waals surface area contributed by atoms with Crippen molar-refractivity contribution in [1.29, 1.82) is 0 Å². The summed E-state index contributed by atoms with van der Waals surface area (Å²) in [6, 6.07) is 0. The number of nitrogens with zero attached hydrogens (tertiary/aromatic N) is 1. The molecule has 0 saturated heterocycles. The molecular formula is C17H40BrNSi2. The molecule has 4 heteroatoms. The summed E-state index contributed by atoms with van der Waals surface area (Å²) in [5.41, 5.74) is 0.324. The first kappa shape index (κ1) is 21.9. The summed E-state index contributed by atoms with van der Waals surface area (Å²) in [5, 5.41) is 1.81. The van der Waals surface area contributed by atoms with Gasteiger partial charge >= 0.3 is 0 Å². The molecule has 0 aromatic carbocycles. The zero-order chi connectivity index (χ0) is 17.5. The molecule has 21 heavy (non-hydrogen) atoms. The monoisotopic (exact) mass is 393 g/mol. The van der Waals surface area contributed by atoms with Crippen molar-refractivity contribution in [2.75, 3.05) is 11.9 Å². The fraction of sp³-hybridized carbons (Fsp3) is 1.00. The quantitative estimate of drug-likeness (QED) is 0.369. The zero-order valence-corrected chi connectivity index (χ0v) is 20.3. The van der Waals surface area contributed by atoms with E-state index in [-0.39, 0.29) is 0 Å². The van der Waals surface area contributed by atoms with Gasteiger partial charge in [0.15, 0.2) is 0 Å². The first-order valence-electron chi connectivity index (χ1n) is 8.24. The van der Waals surface area contributed by atoms with Crippen LogP contribution >= 0.6 is 15.9 Å². The highest BCUT2D eigenvalue weighted by molar-refractivity contribution is 9.09. The standard InChI is InChI=1S/C17H40BrNSi2/c1-15(2,3)21(12,16(4,5)6)19(20(9,10)11)14-17(7,8)13-18/h13-14H2,1-12H3. The lowest BCUT2D eigenvalue weighted by Gasteiger charge is -2.61. The van der Waals surface area contributed by atoms with Crippen LogP contribution in [0.3, 0.4) is 0 Å². The molecular weight excluding hydrogens is 354 g/mol. The predicted molar refractivity (Wildman–Crippen MR) is 109 cm³/mol. The van der Waals surface area contributed by atoms with E-state index in [0.29, 0.717) is 15.5 Å². The first-order valence-corrected chi connectivity index (χ1v) is 15.3. The van der Waals surface area contributed by atoms with Crippen molar-refractivity contribution in [2.24, 2.45) is 5.41 Å². The van der Waals surface area contributed by atoms with E-state index in [9.17, 15) is 0 Å². The third-order valence-corrected chi connectivity index (χ3v) is 18.9. The minimum atomic E-state index is -1.67. The van der Waals surface area contributed by atoms with Gasteiger partial charge in [0.2, 0.25) is 0 Å². The number of alkyl halides is 1. The van der Waals surface area contributed by atoms with Gasteiger partial charge in [-0.25, -0.2) is 0 Å². The second-order valence-corrected chi connectivity index (χ2v) is 22.2. The molecule has 0 aliphatic heterocycles. The topological polar surface area (TPSA) is 3.24 Å². The van der Waals surface area contributed by atoms with Crippen LogP contribution in [0.5, 0.6) is 0 Å². The third-order valence-electron chi connectivity index (χ3n) is 5.22. The lowest BCUT2D eigenvalue weighted by Crippen LogP contribution is -2.71. The van der Waals surface area contributed by atoms with E-state index >= 15 is 0 Å². The summed E-state index contributed by atoms with van der Waals surface area (Å²) in [6.45, 7) is 31.1. The minimum absolute atomic E-state index is 0.324. The molecule has 0 aromatic heterocycles. The molecule has 0 amide bonds. The number of halogens is 1. The summed E-state index contributed by atoms with van der Waals surface area (Å²) >= 11 is 3.74. The third kappa shape index (κ3) is 4.92. The molecule has 0 unspecified atom stereocenters. The van der Waals surface area contributed by atoms with Crippen LogP contribution in [0.2, 0.25) is 36.3 Å². The Bertz CT molecular complexity index is 331. The molecule has 128 valence electrons. The Morgan fingerprint density at radius 1 is 0.762 bits per heavy atom. The van der Waals surface area contributed by atoms with Crippen molar-refractivity contribution in [3.63, 3.8) is 0 Å². The molecule has 0 atom stereocenters. The number of hydrogen-bond acceptors (Lipinski definition) is 1. The lowest BCUT2D eigenvalue weighted by molar-refractivity contribution is 0.334. The van der Waals surface area contributed by atoms with Gasteiger partial charge in [0.25, 0.3) is 0 Å². The minimum Gasteiger partial charge on any atom is -0.344 e. The molecule has 0 aliphatic rings. The summed E-state index contributed by atoms with van der Waals surface area (Å²) in [4.78, 5) is 0. The first-order chi connectivity index (χ1) is 8.90. The SMILES string of the molecule is CC(C)(CBr)CN([Si](C)(C)C)[Si](C)(C(C)(C)C)C(C)(C)C. The van der Waals surface area contributed by atoms with Crippen molar-refractivity contribution < 1.29 is 0 Å². The van der Waals surface area contributed by atoms with Gasteiger partial charge < -0.3 is 4.23 Å². The Hall–Kier alpha value is 0.874. The van der Waals surface area contributed by atoms with Crippen LogP contribution in [0.4, 0.5) is 0 Å². The van der Waals surface area contributed by atoms with E-state index in [4.69, 9.17) is 0 Å². The maximum atomic E-state index is 3.74. The fourth-order valence-electron chi connectivity index (χ4n) is 3.47. The smallest absolute Gasteiger partial charge is 0.129 e. The summed E-state index contributed by atoms with van der Waals surface area (Å²) in [5.74, 6) is 0. The van der Waals surface area contributed by atoms with Crippen LogP contribution in [0, 0.1) is 5.41 Å². The van der Waals surface area contributed by atoms with Crippen molar-refractivity contribution in [1.82, 2.24) is 4.23 Å². The fourth-order valence-corrected chi connectivity index (χ4v) is 16.5. The van der Waals surface area contributed by atoms with Gasteiger partial charge in [-0.2, -0.15) is 0 Å². The maximum absolute atomic E-state index is 3.74. The second-order valence-electron chi connectivity index (χ2n) is 10.6. The van der Waals surface area contributed by atoms with Crippen LogP contribution < -0.4 is 0 Å². The maximum Gasteiger partial charge on any atom is 0.129 e. The van der Waals surface area contributed by atoms with E-state index < -0.39 is 16.5 Å². The average molecular weight is 395 g/mol. The largest absolute Gasteiger partial charge is 0.344 e. The lowest BCUT2D eigenvalue weighted by atomic mass is 9.98. The van der Waals surface area contributed by atoms with Gasteiger partial charge in [0, 0.05) is 5.33 Å². The molecule has 0 aromatic rings. The van der Waals surface area contributed by atoms with Gasteiger partial charge in [0.05, 0.1) is 0 Å². The second kappa shape index (κ2) is 6.41. The zero-order valence-electron chi connectivity index (χ0n) is 16.7. The molecule has 0 radical (unpaired) electrons. The summed E-state index contributed by atoms with van der Waals surface area (Å²) in [6.07, 6.45) is 0. The van der Waals surface area contributed by atoms with Crippen molar-refractivity contribution >= 4 is 32.4 Å². The van der Waals surface area contributed by atoms with E-state index in [1.807, 2.05) is 0 Å². The Kier molecular flexibility index (Phi) is 6.67. The van der Waals surface area contributed by atoms with E-state index in [1.54, 1.807) is 0 Å². The molecule has 0 bridgehead atoms. The van der Waals surface area contributed by atoms with Gasteiger partial charge in [-0.1, -0.05) is 97.5 Å². The summed E-state index contributed by atoms with van der Waals surface area (Å²) in [7, 11) is -3.06. The van der Waals surface area contributed by atoms with E-state index in [1.165, 1.54) is 6.54 Å². The Balaban J connectivity index is 6.11. The normalized spacial score (nSPS) is 15.7. The highest BCUT2D eigenvalue weighted by Crippen LogP contribution is 2.54. The Morgan fingerprint density at radius 2 is 1.10 bits per heavy atom. The highest BCUT2D eigenvalue weighted by atomic mass is 79.9. The van der Waals surface area contributed by atoms with E-state index in [2.05, 4.69) is 102 Å². The van der Waals surface area contributed by atoms with Gasteiger partial charge in [0.1, 0.15) is 16.5 Å². The van der Waals surface area contributed by atoms with E-state index in [0.717, 1.165) is 5.33 Å². The summed E-state index contributed by atoms with van der Waals surface area (Å²) < 4.78 is 3.03. The molecule has 0 spiro atoms. The molecule has 0 rings (SSSR count). The van der Waals surface area contributed by atoms with Crippen LogP contribution in [-0.2, 0) is 0 Å². The number of rotatable bonds is 5. The van der Waals surface area contributed by atoms with Gasteiger partial charge in [-0.15, -0.1) is 0 Å². The highest BCUT2D eigenvalue weighted by Gasteiger charge is 2.56. The predicted octanol–water partition coefficient (Wildman–Crippen LogP) is 6.72.